The first kappa shape index (κ1) is 13.4. The molecular weight excluding hydrogens is 258 g/mol. The maximum atomic E-state index is 11.4. The first-order chi connectivity index (χ1) is 9.06. The molecule has 5 heteroatoms. The van der Waals surface area contributed by atoms with Gasteiger partial charge in [0.2, 0.25) is 5.91 Å². The van der Waals surface area contributed by atoms with Gasteiger partial charge >= 0.3 is 0 Å². The number of pyridine rings is 1. The molecule has 0 fully saturated rings. The van der Waals surface area contributed by atoms with Crippen molar-refractivity contribution >= 4 is 23.5 Å². The number of carbonyl (C=O) groups excluding carboxylic acids is 1. The molecule has 0 spiro atoms. The van der Waals surface area contributed by atoms with Crippen molar-refractivity contribution in [1.82, 2.24) is 4.98 Å². The number of nitrogens with two attached hydrogens (primary N) is 2. The van der Waals surface area contributed by atoms with Gasteiger partial charge in [0.25, 0.3) is 0 Å². The summed E-state index contributed by atoms with van der Waals surface area (Å²) in [6.07, 6.45) is 1.59. The van der Waals surface area contributed by atoms with Crippen LogP contribution in [-0.4, -0.2) is 10.9 Å². The van der Waals surface area contributed by atoms with E-state index in [4.69, 9.17) is 11.5 Å². The molecule has 0 saturated carbocycles. The molecular formula is C14H15N3OS. The van der Waals surface area contributed by atoms with Crippen LogP contribution in [0.3, 0.4) is 0 Å². The highest BCUT2D eigenvalue weighted by Gasteiger charge is 2.10. The highest BCUT2D eigenvalue weighted by atomic mass is 32.2. The minimum absolute atomic E-state index is 0.300. The smallest absolute Gasteiger partial charge is 0.250 e. The number of aryl methyl sites for hydroxylation is 1. The van der Waals surface area contributed by atoms with Crippen LogP contribution in [0.4, 0.5) is 5.82 Å². The highest BCUT2D eigenvalue weighted by molar-refractivity contribution is 7.98. The van der Waals surface area contributed by atoms with Gasteiger partial charge in [-0.25, -0.2) is 4.98 Å². The standard InChI is InChI=1S/C14H15N3OS/c1-9-3-2-4-10(5-9)8-19-12-7-17-13(15)6-11(12)14(16)18/h2-7H,8H2,1H3,(H2,15,17)(H2,16,18). The molecule has 1 heterocycles. The summed E-state index contributed by atoms with van der Waals surface area (Å²) >= 11 is 1.53. The van der Waals surface area contributed by atoms with E-state index in [-0.39, 0.29) is 0 Å². The molecule has 4 nitrogen and oxygen atoms in total. The third-order valence-corrected chi connectivity index (χ3v) is 3.74. The summed E-state index contributed by atoms with van der Waals surface area (Å²) in [7, 11) is 0. The lowest BCUT2D eigenvalue weighted by atomic mass is 10.2. The number of rotatable bonds is 4. The summed E-state index contributed by atoms with van der Waals surface area (Å²) in [5, 5.41) is 0. The monoisotopic (exact) mass is 273 g/mol. The number of amides is 1. The van der Waals surface area contributed by atoms with Crippen LogP contribution in [0.25, 0.3) is 0 Å². The Hall–Kier alpha value is -2.01. The number of primary amides is 1. The molecule has 0 bridgehead atoms. The van der Waals surface area contributed by atoms with Crippen molar-refractivity contribution in [3.8, 4) is 0 Å². The van der Waals surface area contributed by atoms with Crippen molar-refractivity contribution < 1.29 is 4.79 Å². The van der Waals surface area contributed by atoms with Gasteiger partial charge in [-0.05, 0) is 18.6 Å². The Kier molecular flexibility index (Phi) is 4.06. The summed E-state index contributed by atoms with van der Waals surface area (Å²) in [6.45, 7) is 2.05. The van der Waals surface area contributed by atoms with Crippen LogP contribution in [0.2, 0.25) is 0 Å². The minimum atomic E-state index is -0.485. The number of benzene rings is 1. The van der Waals surface area contributed by atoms with E-state index in [9.17, 15) is 4.79 Å². The van der Waals surface area contributed by atoms with Crippen molar-refractivity contribution in [2.45, 2.75) is 17.6 Å². The maximum Gasteiger partial charge on any atom is 0.250 e. The molecule has 0 saturated heterocycles. The molecule has 1 aromatic heterocycles. The van der Waals surface area contributed by atoms with Crippen molar-refractivity contribution in [2.24, 2.45) is 5.73 Å². The summed E-state index contributed by atoms with van der Waals surface area (Å²) in [6, 6.07) is 9.74. The number of hydrogen-bond donors (Lipinski definition) is 2. The Labute approximate surface area is 116 Å². The second kappa shape index (κ2) is 5.75. The normalized spacial score (nSPS) is 10.4. The van der Waals surface area contributed by atoms with E-state index >= 15 is 0 Å². The fourth-order valence-corrected chi connectivity index (χ4v) is 2.67. The second-order valence-electron chi connectivity index (χ2n) is 4.25. The predicted molar refractivity (Wildman–Crippen MR) is 77.9 cm³/mol. The molecule has 98 valence electrons. The lowest BCUT2D eigenvalue weighted by Gasteiger charge is -2.07. The summed E-state index contributed by atoms with van der Waals surface area (Å²) in [5.41, 5.74) is 13.7. The molecule has 0 unspecified atom stereocenters. The number of anilines is 1. The van der Waals surface area contributed by atoms with Crippen LogP contribution in [0, 0.1) is 6.92 Å². The number of nitrogens with zero attached hydrogens (tertiary/aromatic N) is 1. The van der Waals surface area contributed by atoms with E-state index in [1.807, 2.05) is 19.1 Å². The van der Waals surface area contributed by atoms with Crippen LogP contribution >= 0.6 is 11.8 Å². The van der Waals surface area contributed by atoms with Crippen LogP contribution in [-0.2, 0) is 5.75 Å². The Morgan fingerprint density at radius 3 is 2.84 bits per heavy atom. The number of nitrogen functional groups attached to an aromatic ring is 1. The minimum Gasteiger partial charge on any atom is -0.384 e. The fourth-order valence-electron chi connectivity index (χ4n) is 1.73. The summed E-state index contributed by atoms with van der Waals surface area (Å²) in [4.78, 5) is 16.1. The zero-order valence-electron chi connectivity index (χ0n) is 10.6. The fraction of sp³-hybridized carbons (Fsp3) is 0.143. The van der Waals surface area contributed by atoms with Crippen molar-refractivity contribution in [1.29, 1.82) is 0 Å². The van der Waals surface area contributed by atoms with Gasteiger partial charge in [0.1, 0.15) is 5.82 Å². The largest absolute Gasteiger partial charge is 0.384 e. The van der Waals surface area contributed by atoms with Gasteiger partial charge in [-0.15, -0.1) is 11.8 Å². The maximum absolute atomic E-state index is 11.4. The summed E-state index contributed by atoms with van der Waals surface area (Å²) < 4.78 is 0. The van der Waals surface area contributed by atoms with Crippen molar-refractivity contribution in [3.63, 3.8) is 0 Å². The average molecular weight is 273 g/mol. The number of thioether (sulfide) groups is 1. The Morgan fingerprint density at radius 1 is 1.37 bits per heavy atom. The van der Waals surface area contributed by atoms with Crippen LogP contribution in [0.5, 0.6) is 0 Å². The zero-order chi connectivity index (χ0) is 13.8. The molecule has 0 atom stereocenters. The topological polar surface area (TPSA) is 82.0 Å². The van der Waals surface area contributed by atoms with Crippen LogP contribution in [0.15, 0.2) is 41.4 Å². The number of carbonyl (C=O) groups is 1. The van der Waals surface area contributed by atoms with Gasteiger partial charge in [-0.3, -0.25) is 4.79 Å². The van der Waals surface area contributed by atoms with E-state index in [1.165, 1.54) is 29.0 Å². The highest BCUT2D eigenvalue weighted by Crippen LogP contribution is 2.26. The van der Waals surface area contributed by atoms with E-state index in [0.29, 0.717) is 11.4 Å². The van der Waals surface area contributed by atoms with Gasteiger partial charge in [0.05, 0.1) is 5.56 Å². The third-order valence-electron chi connectivity index (χ3n) is 2.63. The Bertz CT molecular complexity index is 613. The molecule has 1 aromatic carbocycles. The van der Waals surface area contributed by atoms with Gasteiger partial charge in [0, 0.05) is 16.8 Å². The van der Waals surface area contributed by atoms with E-state index in [2.05, 4.69) is 17.1 Å². The molecule has 2 rings (SSSR count). The van der Waals surface area contributed by atoms with Crippen LogP contribution in [0.1, 0.15) is 21.5 Å². The molecule has 2 aromatic rings. The molecule has 1 amide bonds. The lowest BCUT2D eigenvalue weighted by Crippen LogP contribution is -2.13. The van der Waals surface area contributed by atoms with Gasteiger partial charge in [-0.2, -0.15) is 0 Å². The Morgan fingerprint density at radius 2 is 2.16 bits per heavy atom. The van der Waals surface area contributed by atoms with E-state index < -0.39 is 5.91 Å². The lowest BCUT2D eigenvalue weighted by molar-refractivity contribution is 0.0997. The van der Waals surface area contributed by atoms with Crippen LogP contribution < -0.4 is 11.5 Å². The predicted octanol–water partition coefficient (Wildman–Crippen LogP) is 2.36. The molecule has 0 radical (unpaired) electrons. The van der Waals surface area contributed by atoms with Gasteiger partial charge in [-0.1, -0.05) is 29.8 Å². The average Bonchev–Trinajstić information content (AvgIpc) is 2.37. The third kappa shape index (κ3) is 3.48. The molecule has 0 aliphatic rings. The van der Waals surface area contributed by atoms with E-state index in [1.54, 1.807) is 6.20 Å². The molecule has 0 aliphatic carbocycles. The number of aromatic nitrogens is 1. The first-order valence-electron chi connectivity index (χ1n) is 5.80. The second-order valence-corrected chi connectivity index (χ2v) is 5.26. The Balaban J connectivity index is 2.17. The SMILES string of the molecule is Cc1cccc(CSc2cnc(N)cc2C(N)=O)c1. The summed E-state index contributed by atoms with van der Waals surface area (Å²) in [5.74, 6) is 0.572. The first-order valence-corrected chi connectivity index (χ1v) is 6.78. The molecule has 0 aliphatic heterocycles. The van der Waals surface area contributed by atoms with Crippen molar-refractivity contribution in [3.05, 3.63) is 53.2 Å². The zero-order valence-corrected chi connectivity index (χ0v) is 11.4. The van der Waals surface area contributed by atoms with E-state index in [0.717, 1.165) is 10.6 Å². The molecule has 19 heavy (non-hydrogen) atoms. The van der Waals surface area contributed by atoms with Gasteiger partial charge < -0.3 is 11.5 Å². The quantitative estimate of drug-likeness (QED) is 0.838. The number of hydrogen-bond acceptors (Lipinski definition) is 4. The molecule has 4 N–H and O–H groups in total. The van der Waals surface area contributed by atoms with Gasteiger partial charge in [0.15, 0.2) is 0 Å². The van der Waals surface area contributed by atoms with Crippen molar-refractivity contribution in [2.75, 3.05) is 5.73 Å².